The minimum atomic E-state index is -0.592. The van der Waals surface area contributed by atoms with Gasteiger partial charge in [-0.1, -0.05) is 35.5 Å². The van der Waals surface area contributed by atoms with Gasteiger partial charge in [0.15, 0.2) is 0 Å². The second kappa shape index (κ2) is 9.43. The fourth-order valence-electron chi connectivity index (χ4n) is 2.39. The summed E-state index contributed by atoms with van der Waals surface area (Å²) in [7, 11) is 0. The molecule has 0 atom stereocenters. The Morgan fingerprint density at radius 3 is 2.72 bits per heavy atom. The molecule has 29 heavy (non-hydrogen) atoms. The number of urea groups is 1. The van der Waals surface area contributed by atoms with Gasteiger partial charge in [0, 0.05) is 17.7 Å². The van der Waals surface area contributed by atoms with Crippen LogP contribution in [0.15, 0.2) is 48.5 Å². The van der Waals surface area contributed by atoms with Gasteiger partial charge in [-0.05, 0) is 35.9 Å². The first-order chi connectivity index (χ1) is 14.0. The molecule has 146 valence electrons. The second-order valence-corrected chi connectivity index (χ2v) is 6.95. The summed E-state index contributed by atoms with van der Waals surface area (Å²) >= 11 is 1.17. The summed E-state index contributed by atoms with van der Waals surface area (Å²) < 4.78 is 13.2. The Kier molecular flexibility index (Phi) is 6.50. The molecule has 3 aromatic rings. The molecule has 0 saturated carbocycles. The highest BCUT2D eigenvalue weighted by atomic mass is 32.1. The summed E-state index contributed by atoms with van der Waals surface area (Å²) in [5.74, 6) is 1.75. The number of rotatable bonds is 6. The average Bonchev–Trinajstić information content (AvgIpc) is 3.13. The van der Waals surface area contributed by atoms with Crippen molar-refractivity contribution in [1.82, 2.24) is 15.5 Å². The van der Waals surface area contributed by atoms with E-state index in [2.05, 4.69) is 32.1 Å². The van der Waals surface area contributed by atoms with Gasteiger partial charge in [-0.2, -0.15) is 0 Å². The molecule has 2 aromatic carbocycles. The first-order valence-corrected chi connectivity index (χ1v) is 9.31. The second-order valence-electron chi connectivity index (χ2n) is 5.89. The summed E-state index contributed by atoms with van der Waals surface area (Å²) in [5, 5.41) is 16.3. The highest BCUT2D eigenvalue weighted by molar-refractivity contribution is 7.15. The minimum Gasteiger partial charge on any atom is -0.329 e. The summed E-state index contributed by atoms with van der Waals surface area (Å²) in [6.45, 7) is -0.235. The molecule has 0 aliphatic carbocycles. The van der Waals surface area contributed by atoms with Crippen LogP contribution in [-0.2, 0) is 11.2 Å². The molecule has 9 heteroatoms. The van der Waals surface area contributed by atoms with Crippen LogP contribution in [0.1, 0.15) is 16.1 Å². The van der Waals surface area contributed by atoms with Crippen molar-refractivity contribution in [2.75, 3.05) is 17.2 Å². The maximum Gasteiger partial charge on any atom is 0.321 e. The van der Waals surface area contributed by atoms with Gasteiger partial charge in [-0.25, -0.2) is 9.18 Å². The fourth-order valence-corrected chi connectivity index (χ4v) is 3.16. The summed E-state index contributed by atoms with van der Waals surface area (Å²) in [6, 6.07) is 12.4. The number of benzene rings is 2. The van der Waals surface area contributed by atoms with E-state index in [1.54, 1.807) is 36.4 Å². The Labute approximate surface area is 170 Å². The number of carbonyl (C=O) groups is 2. The zero-order chi connectivity index (χ0) is 20.6. The molecule has 0 aliphatic rings. The number of hydrogen-bond donors (Lipinski definition) is 3. The monoisotopic (exact) mass is 409 g/mol. The maximum atomic E-state index is 13.2. The molecule has 0 bridgehead atoms. The Balaban J connectivity index is 1.46. The molecule has 3 amide bonds. The summed E-state index contributed by atoms with van der Waals surface area (Å²) in [5.41, 5.74) is 1.93. The Morgan fingerprint density at radius 2 is 1.93 bits per heavy atom. The minimum absolute atomic E-state index is 0.235. The third-order valence-electron chi connectivity index (χ3n) is 3.65. The van der Waals surface area contributed by atoms with Gasteiger partial charge in [-0.3, -0.25) is 10.1 Å². The molecule has 0 saturated heterocycles. The number of terminal acetylenes is 1. The fraction of sp³-hybridized carbons (Fsp3) is 0.100. The van der Waals surface area contributed by atoms with Crippen LogP contribution in [0.3, 0.4) is 0 Å². The van der Waals surface area contributed by atoms with Gasteiger partial charge in [0.25, 0.3) is 0 Å². The molecule has 0 radical (unpaired) electrons. The van der Waals surface area contributed by atoms with Crippen molar-refractivity contribution < 1.29 is 14.0 Å². The summed E-state index contributed by atoms with van der Waals surface area (Å²) in [6.07, 6.45) is 5.72. The normalized spacial score (nSPS) is 10.1. The standard InChI is InChI=1S/C20H16FN5O2S/c1-2-13-5-4-8-16(10-13)23-17(27)12-22-19(28)24-20-26-25-18(29-20)11-14-6-3-7-15(21)9-14/h1,3-10H,11-12H2,(H,23,27)(H2,22,24,26,28). The molecule has 1 heterocycles. The highest BCUT2D eigenvalue weighted by Gasteiger charge is 2.10. The van der Waals surface area contributed by atoms with Gasteiger partial charge < -0.3 is 10.6 Å². The van der Waals surface area contributed by atoms with Crippen LogP contribution >= 0.6 is 11.3 Å². The first-order valence-electron chi connectivity index (χ1n) is 8.50. The van der Waals surface area contributed by atoms with E-state index >= 15 is 0 Å². The van der Waals surface area contributed by atoms with Crippen LogP contribution in [0.4, 0.5) is 20.0 Å². The number of aromatic nitrogens is 2. The van der Waals surface area contributed by atoms with E-state index in [4.69, 9.17) is 6.42 Å². The van der Waals surface area contributed by atoms with Crippen LogP contribution in [0.25, 0.3) is 0 Å². The summed E-state index contributed by atoms with van der Waals surface area (Å²) in [4.78, 5) is 23.9. The molecular formula is C20H16FN5O2S. The smallest absolute Gasteiger partial charge is 0.321 e. The first kappa shape index (κ1) is 20.0. The molecule has 3 N–H and O–H groups in total. The van der Waals surface area contributed by atoms with Crippen LogP contribution in [0.2, 0.25) is 0 Å². The average molecular weight is 409 g/mol. The van der Waals surface area contributed by atoms with Crippen LogP contribution < -0.4 is 16.0 Å². The Morgan fingerprint density at radius 1 is 1.10 bits per heavy atom. The van der Waals surface area contributed by atoms with Gasteiger partial charge >= 0.3 is 6.03 Å². The van der Waals surface area contributed by atoms with Gasteiger partial charge in [0.05, 0.1) is 6.54 Å². The van der Waals surface area contributed by atoms with Crippen LogP contribution in [-0.4, -0.2) is 28.7 Å². The SMILES string of the molecule is C#Cc1cccc(NC(=O)CNC(=O)Nc2nnc(Cc3cccc(F)c3)s2)c1. The Bertz CT molecular complexity index is 1080. The zero-order valence-corrected chi connectivity index (χ0v) is 15.9. The highest BCUT2D eigenvalue weighted by Crippen LogP contribution is 2.18. The van der Waals surface area contributed by atoms with Gasteiger partial charge in [-0.15, -0.1) is 16.6 Å². The lowest BCUT2D eigenvalue weighted by Gasteiger charge is -2.07. The number of hydrogen-bond acceptors (Lipinski definition) is 5. The molecular weight excluding hydrogens is 393 g/mol. The third kappa shape index (κ3) is 6.12. The molecule has 0 aliphatic heterocycles. The van der Waals surface area contributed by atoms with Crippen molar-refractivity contribution in [3.05, 3.63) is 70.5 Å². The van der Waals surface area contributed by atoms with Crippen molar-refractivity contribution in [2.45, 2.75) is 6.42 Å². The van der Waals surface area contributed by atoms with E-state index in [1.807, 2.05) is 0 Å². The van der Waals surface area contributed by atoms with Crippen LogP contribution in [0, 0.1) is 18.2 Å². The Hall–Kier alpha value is -3.77. The number of amides is 3. The van der Waals surface area contributed by atoms with E-state index in [9.17, 15) is 14.0 Å². The maximum absolute atomic E-state index is 13.2. The van der Waals surface area contributed by atoms with E-state index < -0.39 is 11.9 Å². The molecule has 0 unspecified atom stereocenters. The molecule has 7 nitrogen and oxygen atoms in total. The lowest BCUT2D eigenvalue weighted by atomic mass is 10.1. The molecule has 3 rings (SSSR count). The molecule has 0 spiro atoms. The quantitative estimate of drug-likeness (QED) is 0.546. The topological polar surface area (TPSA) is 96.0 Å². The van der Waals surface area contributed by atoms with E-state index in [0.717, 1.165) is 5.56 Å². The number of anilines is 2. The van der Waals surface area contributed by atoms with Crippen molar-refractivity contribution in [1.29, 1.82) is 0 Å². The third-order valence-corrected chi connectivity index (χ3v) is 4.49. The van der Waals surface area contributed by atoms with Crippen LogP contribution in [0.5, 0.6) is 0 Å². The lowest BCUT2D eigenvalue weighted by molar-refractivity contribution is -0.115. The van der Waals surface area contributed by atoms with Gasteiger partial charge in [0.1, 0.15) is 10.8 Å². The van der Waals surface area contributed by atoms with Crippen molar-refractivity contribution >= 4 is 34.1 Å². The van der Waals surface area contributed by atoms with Crippen molar-refractivity contribution in [3.63, 3.8) is 0 Å². The number of nitrogens with zero attached hydrogens (tertiary/aromatic N) is 2. The molecule has 0 fully saturated rings. The number of nitrogens with one attached hydrogen (secondary N) is 3. The van der Waals surface area contributed by atoms with Gasteiger partial charge in [0.2, 0.25) is 11.0 Å². The van der Waals surface area contributed by atoms with Crippen molar-refractivity contribution in [2.24, 2.45) is 0 Å². The largest absolute Gasteiger partial charge is 0.329 e. The number of carbonyl (C=O) groups excluding carboxylic acids is 2. The number of halogens is 1. The van der Waals surface area contributed by atoms with E-state index in [1.165, 1.54) is 23.5 Å². The lowest BCUT2D eigenvalue weighted by Crippen LogP contribution is -2.35. The predicted octanol–water partition coefficient (Wildman–Crippen LogP) is 3.01. The van der Waals surface area contributed by atoms with E-state index in [0.29, 0.717) is 22.7 Å². The van der Waals surface area contributed by atoms with E-state index in [-0.39, 0.29) is 17.5 Å². The predicted molar refractivity (Wildman–Crippen MR) is 109 cm³/mol. The van der Waals surface area contributed by atoms with Crippen molar-refractivity contribution in [3.8, 4) is 12.3 Å². The molecule has 1 aromatic heterocycles. The zero-order valence-electron chi connectivity index (χ0n) is 15.1.